The molecule has 2 fully saturated rings. The third-order valence-electron chi connectivity index (χ3n) is 3.88. The molecule has 0 aromatic rings. The molecule has 2 aliphatic rings. The van der Waals surface area contributed by atoms with Gasteiger partial charge in [0.25, 0.3) is 0 Å². The molecule has 0 aromatic carbocycles. The van der Waals surface area contributed by atoms with E-state index in [4.69, 9.17) is 30.6 Å². The van der Waals surface area contributed by atoms with Crippen LogP contribution < -0.4 is 10.6 Å². The summed E-state index contributed by atoms with van der Waals surface area (Å²) >= 11 is 0. The van der Waals surface area contributed by atoms with Crippen molar-refractivity contribution >= 4 is 0 Å². The minimum atomic E-state index is -1.16. The van der Waals surface area contributed by atoms with E-state index in [1.165, 1.54) is 0 Å². The molecule has 0 saturated carbocycles. The lowest BCUT2D eigenvalue weighted by atomic mass is 9.97. The summed E-state index contributed by atoms with van der Waals surface area (Å²) in [6.07, 6.45) is -6.41. The van der Waals surface area contributed by atoms with Crippen molar-refractivity contribution in [3.8, 4) is 0 Å². The predicted octanol–water partition coefficient (Wildman–Crippen LogP) is -5.93. The molecule has 2 rings (SSSR count). The van der Waals surface area contributed by atoms with E-state index in [2.05, 4.69) is 10.6 Å². The number of aliphatic hydroxyl groups excluding tert-OH is 8. The van der Waals surface area contributed by atoms with Crippen molar-refractivity contribution in [2.45, 2.75) is 48.7 Å². The fraction of sp³-hybridized carbons (Fsp3) is 1.00. The number of nitrogens with one attached hydrogen (secondary N) is 2. The lowest BCUT2D eigenvalue weighted by molar-refractivity contribution is -0.101. The van der Waals surface area contributed by atoms with Crippen LogP contribution in [0.25, 0.3) is 0 Å². The van der Waals surface area contributed by atoms with Crippen LogP contribution in [0.15, 0.2) is 0 Å². The summed E-state index contributed by atoms with van der Waals surface area (Å²) in [6.45, 7) is -0.0944. The molecule has 0 spiro atoms. The van der Waals surface area contributed by atoms with Crippen LogP contribution in [0.2, 0.25) is 0 Å². The monoisotopic (exact) mass is 326 g/mol. The zero-order chi connectivity index (χ0) is 16.9. The molecule has 10 N–H and O–H groups in total. The minimum Gasteiger partial charge on any atom is -0.395 e. The van der Waals surface area contributed by atoms with Gasteiger partial charge in [-0.2, -0.15) is 0 Å². The lowest BCUT2D eigenvalue weighted by Crippen LogP contribution is -2.60. The SMILES string of the molecule is OCC1NCC(O)C(O)C1O.OCC1NCC(O)C(O)C1O. The maximum Gasteiger partial charge on any atom is 0.109 e. The number of piperidine rings is 2. The summed E-state index contributed by atoms with van der Waals surface area (Å²) < 4.78 is 0. The summed E-state index contributed by atoms with van der Waals surface area (Å²) in [5.74, 6) is 0. The molecule has 2 saturated heterocycles. The molecule has 132 valence electrons. The number of hydrogen-bond donors (Lipinski definition) is 10. The molecule has 10 nitrogen and oxygen atoms in total. The van der Waals surface area contributed by atoms with Gasteiger partial charge in [0, 0.05) is 13.1 Å². The molecule has 2 heterocycles. The van der Waals surface area contributed by atoms with Gasteiger partial charge in [-0.15, -0.1) is 0 Å². The van der Waals surface area contributed by atoms with Crippen molar-refractivity contribution < 1.29 is 40.9 Å². The molecule has 0 bridgehead atoms. The zero-order valence-electron chi connectivity index (χ0n) is 12.0. The van der Waals surface area contributed by atoms with Crippen molar-refractivity contribution in [2.75, 3.05) is 26.3 Å². The Kier molecular flexibility index (Phi) is 8.07. The van der Waals surface area contributed by atoms with Gasteiger partial charge >= 0.3 is 0 Å². The highest BCUT2D eigenvalue weighted by atomic mass is 16.4. The molecular weight excluding hydrogens is 300 g/mol. The Bertz CT molecular complexity index is 290. The van der Waals surface area contributed by atoms with Crippen molar-refractivity contribution in [2.24, 2.45) is 0 Å². The number of hydrogen-bond acceptors (Lipinski definition) is 10. The van der Waals surface area contributed by atoms with E-state index >= 15 is 0 Å². The van der Waals surface area contributed by atoms with Crippen LogP contribution in [0.4, 0.5) is 0 Å². The average molecular weight is 326 g/mol. The molecular formula is C12H26N2O8. The first kappa shape index (κ1) is 19.6. The van der Waals surface area contributed by atoms with Gasteiger partial charge in [0.2, 0.25) is 0 Å². The van der Waals surface area contributed by atoms with Gasteiger partial charge in [-0.1, -0.05) is 0 Å². The second-order valence-corrected chi connectivity index (χ2v) is 5.49. The standard InChI is InChI=1S/2C6H13NO4/c2*8-2-3-5(10)6(11)4(9)1-7-3/h2*3-11H,1-2H2. The van der Waals surface area contributed by atoms with E-state index in [1.54, 1.807) is 0 Å². The fourth-order valence-corrected chi connectivity index (χ4v) is 2.30. The first-order valence-corrected chi connectivity index (χ1v) is 7.10. The van der Waals surface area contributed by atoms with Gasteiger partial charge in [0.15, 0.2) is 0 Å². The van der Waals surface area contributed by atoms with E-state index in [1.807, 2.05) is 0 Å². The second kappa shape index (κ2) is 9.03. The maximum absolute atomic E-state index is 9.18. The molecule has 8 unspecified atom stereocenters. The second-order valence-electron chi connectivity index (χ2n) is 5.49. The summed E-state index contributed by atoms with van der Waals surface area (Å²) in [6, 6.07) is -1.07. The molecule has 0 aromatic heterocycles. The quantitative estimate of drug-likeness (QED) is 0.234. The largest absolute Gasteiger partial charge is 0.395 e. The third-order valence-corrected chi connectivity index (χ3v) is 3.88. The van der Waals surface area contributed by atoms with Gasteiger partial charge in [0.1, 0.15) is 12.2 Å². The van der Waals surface area contributed by atoms with Crippen molar-refractivity contribution in [3.05, 3.63) is 0 Å². The molecule has 22 heavy (non-hydrogen) atoms. The highest BCUT2D eigenvalue weighted by Gasteiger charge is 2.36. The summed E-state index contributed by atoms with van der Waals surface area (Å²) in [5.41, 5.74) is 0. The van der Waals surface area contributed by atoms with E-state index in [-0.39, 0.29) is 26.3 Å². The zero-order valence-corrected chi connectivity index (χ0v) is 12.0. The molecule has 0 amide bonds. The predicted molar refractivity (Wildman–Crippen MR) is 73.8 cm³/mol. The Labute approximate surface area is 127 Å². The van der Waals surface area contributed by atoms with Crippen molar-refractivity contribution in [1.82, 2.24) is 10.6 Å². The van der Waals surface area contributed by atoms with Crippen LogP contribution >= 0.6 is 0 Å². The summed E-state index contributed by atoms with van der Waals surface area (Å²) in [4.78, 5) is 0. The molecule has 10 heteroatoms. The Hall–Kier alpha value is -0.400. The normalized spacial score (nSPS) is 45.8. The van der Waals surface area contributed by atoms with E-state index in [0.717, 1.165) is 0 Å². The van der Waals surface area contributed by atoms with Crippen LogP contribution in [-0.4, -0.2) is 116 Å². The van der Waals surface area contributed by atoms with Gasteiger partial charge in [-0.3, -0.25) is 0 Å². The lowest BCUT2D eigenvalue weighted by Gasteiger charge is -2.34. The average Bonchev–Trinajstić information content (AvgIpc) is 2.51. The highest BCUT2D eigenvalue weighted by Crippen LogP contribution is 2.10. The summed E-state index contributed by atoms with van der Waals surface area (Å²) in [7, 11) is 0. The number of rotatable bonds is 2. The smallest absolute Gasteiger partial charge is 0.109 e. The minimum absolute atomic E-state index is 0.198. The first-order chi connectivity index (χ1) is 10.3. The molecule has 8 atom stereocenters. The van der Waals surface area contributed by atoms with Gasteiger partial charge in [0.05, 0.1) is 49.7 Å². The van der Waals surface area contributed by atoms with Crippen LogP contribution in [0.5, 0.6) is 0 Å². The first-order valence-electron chi connectivity index (χ1n) is 7.10. The van der Waals surface area contributed by atoms with Gasteiger partial charge in [-0.05, 0) is 0 Å². The Balaban J connectivity index is 0.000000220. The maximum atomic E-state index is 9.18. The fourth-order valence-electron chi connectivity index (χ4n) is 2.30. The summed E-state index contributed by atoms with van der Waals surface area (Å²) in [5, 5.41) is 77.2. The van der Waals surface area contributed by atoms with Crippen molar-refractivity contribution in [3.63, 3.8) is 0 Å². The van der Waals surface area contributed by atoms with Crippen LogP contribution in [0.3, 0.4) is 0 Å². The van der Waals surface area contributed by atoms with E-state index < -0.39 is 48.7 Å². The van der Waals surface area contributed by atoms with Crippen molar-refractivity contribution in [1.29, 1.82) is 0 Å². The highest BCUT2D eigenvalue weighted by molar-refractivity contribution is 4.92. The van der Waals surface area contributed by atoms with E-state index in [0.29, 0.717) is 0 Å². The van der Waals surface area contributed by atoms with Crippen LogP contribution in [-0.2, 0) is 0 Å². The number of β-amino-alcohol motifs (C(OH)–C–C–N with tert-alkyl or cyclic N) is 2. The van der Waals surface area contributed by atoms with Gasteiger partial charge in [-0.25, -0.2) is 0 Å². The molecule has 2 aliphatic heterocycles. The van der Waals surface area contributed by atoms with Gasteiger partial charge < -0.3 is 51.5 Å². The molecule has 0 aliphatic carbocycles. The van der Waals surface area contributed by atoms with Crippen LogP contribution in [0.1, 0.15) is 0 Å². The Morgan fingerprint density at radius 1 is 0.591 bits per heavy atom. The number of aliphatic hydroxyl groups is 8. The Morgan fingerprint density at radius 2 is 0.909 bits per heavy atom. The molecule has 0 radical (unpaired) electrons. The topological polar surface area (TPSA) is 186 Å². The van der Waals surface area contributed by atoms with E-state index in [9.17, 15) is 10.2 Å². The third kappa shape index (κ3) is 4.80. The van der Waals surface area contributed by atoms with Crippen LogP contribution in [0, 0.1) is 0 Å². The Morgan fingerprint density at radius 3 is 1.18 bits per heavy atom.